The molecule has 0 aromatic heterocycles. The number of anilines is 4. The van der Waals surface area contributed by atoms with Crippen LogP contribution in [0.4, 0.5) is 22.7 Å². The van der Waals surface area contributed by atoms with E-state index in [1.54, 1.807) is 24.3 Å². The number of piperidine rings is 2. The standard InChI is InChI=1S/C30H32N4O2.H3NO2S/c31-28-25(34-17-13-21(14-18-34)33-15-7-2-8-16-33)19-24(32-20-9-3-1-4-10-20)26-27(28)30(36)23-12-6-5-11-22(23)29(26)35;1-4(2)3/h1,3-6,9-12,19,21,32H,2,7-8,13-18,31H2;4H,(H2,1,2,3). The molecule has 5 N–H and O–H groups in total. The molecular weight excluding hydrogens is 526 g/mol. The summed E-state index contributed by atoms with van der Waals surface area (Å²) in [5.74, 6) is -0.348. The molecule has 0 saturated carbocycles. The van der Waals surface area contributed by atoms with Crippen molar-refractivity contribution >= 4 is 45.2 Å². The van der Waals surface area contributed by atoms with Gasteiger partial charge in [0.2, 0.25) is 0 Å². The molecule has 0 spiro atoms. The summed E-state index contributed by atoms with van der Waals surface area (Å²) >= 11 is 0. The Morgan fingerprint density at radius 1 is 0.775 bits per heavy atom. The molecule has 0 bridgehead atoms. The fraction of sp³-hybridized carbons (Fsp3) is 0.333. The lowest BCUT2D eigenvalue weighted by Gasteiger charge is -2.41. The first-order valence-corrected chi connectivity index (χ1v) is 14.9. The second-order valence-electron chi connectivity index (χ2n) is 10.4. The molecule has 2 heterocycles. The van der Waals surface area contributed by atoms with E-state index in [0.717, 1.165) is 37.3 Å². The number of nitrogens with zero attached hydrogens (tertiary/aromatic N) is 2. The number of thiol groups is 1. The van der Waals surface area contributed by atoms with E-state index in [0.29, 0.717) is 39.7 Å². The fourth-order valence-electron chi connectivity index (χ4n) is 6.10. The van der Waals surface area contributed by atoms with Crippen molar-refractivity contribution in [1.29, 1.82) is 0 Å². The van der Waals surface area contributed by atoms with Crippen LogP contribution in [-0.4, -0.2) is 57.1 Å². The molecule has 0 unspecified atom stereocenters. The number of benzene rings is 3. The SMILES string of the molecule is N[SH](=O)=O.Nc1c(N2CCC(N3CCCCC3)CC2)cc(Nc2ccccc2)c2c1C(=O)c1ccccc1C2=O. The van der Waals surface area contributed by atoms with Crippen molar-refractivity contribution in [2.45, 2.75) is 38.1 Å². The summed E-state index contributed by atoms with van der Waals surface area (Å²) in [6, 6.07) is 19.4. The molecule has 3 aliphatic rings. The third-order valence-electron chi connectivity index (χ3n) is 7.98. The van der Waals surface area contributed by atoms with Crippen LogP contribution in [0.3, 0.4) is 0 Å². The molecule has 10 heteroatoms. The summed E-state index contributed by atoms with van der Waals surface area (Å²) in [7, 11) is -2.62. The van der Waals surface area contributed by atoms with E-state index in [9.17, 15) is 9.59 Å². The van der Waals surface area contributed by atoms with Crippen molar-refractivity contribution in [2.24, 2.45) is 5.14 Å². The topological polar surface area (TPSA) is 139 Å². The maximum Gasteiger partial charge on any atom is 0.198 e. The lowest BCUT2D eigenvalue weighted by Crippen LogP contribution is -2.47. The van der Waals surface area contributed by atoms with E-state index in [4.69, 9.17) is 14.2 Å². The first-order chi connectivity index (χ1) is 19.3. The number of fused-ring (bicyclic) bond motifs is 2. The second kappa shape index (κ2) is 12.2. The van der Waals surface area contributed by atoms with Gasteiger partial charge in [0.15, 0.2) is 22.5 Å². The van der Waals surface area contributed by atoms with E-state index in [1.807, 2.05) is 36.4 Å². The number of hydrogen-bond acceptors (Lipinski definition) is 8. The van der Waals surface area contributed by atoms with E-state index in [2.05, 4.69) is 20.3 Å². The van der Waals surface area contributed by atoms with Gasteiger partial charge < -0.3 is 20.9 Å². The van der Waals surface area contributed by atoms with E-state index < -0.39 is 10.9 Å². The minimum Gasteiger partial charge on any atom is -0.396 e. The summed E-state index contributed by atoms with van der Waals surface area (Å²) in [5, 5.41) is 7.48. The summed E-state index contributed by atoms with van der Waals surface area (Å²) in [6.07, 6.45) is 6.09. The van der Waals surface area contributed by atoms with Crippen molar-refractivity contribution in [2.75, 3.05) is 42.1 Å². The van der Waals surface area contributed by atoms with Crippen LogP contribution in [-0.2, 0) is 10.9 Å². The van der Waals surface area contributed by atoms with Gasteiger partial charge in [-0.25, -0.2) is 13.6 Å². The highest BCUT2D eigenvalue weighted by Crippen LogP contribution is 2.42. The van der Waals surface area contributed by atoms with Crippen molar-refractivity contribution in [3.05, 3.63) is 82.9 Å². The summed E-state index contributed by atoms with van der Waals surface area (Å²) in [6.45, 7) is 4.17. The van der Waals surface area contributed by atoms with E-state index >= 15 is 0 Å². The number of nitrogens with two attached hydrogens (primary N) is 2. The van der Waals surface area contributed by atoms with Crippen LogP contribution >= 0.6 is 0 Å². The molecule has 3 aromatic rings. The van der Waals surface area contributed by atoms with Gasteiger partial charge in [-0.15, -0.1) is 0 Å². The number of ketones is 2. The van der Waals surface area contributed by atoms with Crippen LogP contribution in [0.25, 0.3) is 0 Å². The second-order valence-corrected chi connectivity index (χ2v) is 11.0. The van der Waals surface area contributed by atoms with Crippen molar-refractivity contribution in [1.82, 2.24) is 4.90 Å². The van der Waals surface area contributed by atoms with Crippen LogP contribution < -0.4 is 21.1 Å². The predicted octanol–water partition coefficient (Wildman–Crippen LogP) is 3.71. The zero-order chi connectivity index (χ0) is 28.2. The number of rotatable bonds is 4. The number of nitrogen functional groups attached to an aromatic ring is 1. The molecule has 2 saturated heterocycles. The number of nitrogens with one attached hydrogen (secondary N) is 1. The monoisotopic (exact) mass is 561 g/mol. The Morgan fingerprint density at radius 3 is 1.93 bits per heavy atom. The molecule has 6 rings (SSSR count). The highest BCUT2D eigenvalue weighted by atomic mass is 32.2. The number of hydrogen-bond donors (Lipinski definition) is 4. The van der Waals surface area contributed by atoms with Gasteiger partial charge in [0.1, 0.15) is 0 Å². The molecule has 3 aromatic carbocycles. The van der Waals surface area contributed by atoms with Crippen LogP contribution in [0.15, 0.2) is 60.7 Å². The number of likely N-dealkylation sites (tertiary alicyclic amines) is 1. The number of para-hydroxylation sites is 1. The Labute approximate surface area is 236 Å². The fourth-order valence-corrected chi connectivity index (χ4v) is 6.10. The minimum atomic E-state index is -2.62. The molecule has 40 heavy (non-hydrogen) atoms. The average Bonchev–Trinajstić information content (AvgIpc) is 2.97. The van der Waals surface area contributed by atoms with Crippen LogP contribution in [0.1, 0.15) is 63.9 Å². The third kappa shape index (κ3) is 5.74. The van der Waals surface area contributed by atoms with Crippen molar-refractivity contribution in [3.8, 4) is 0 Å². The number of carbonyl (C=O) groups is 2. The lowest BCUT2D eigenvalue weighted by atomic mass is 9.81. The number of carbonyl (C=O) groups excluding carboxylic acids is 2. The normalized spacial score (nSPS) is 17.6. The lowest BCUT2D eigenvalue weighted by molar-refractivity contribution is 0.0980. The van der Waals surface area contributed by atoms with Crippen LogP contribution in [0.2, 0.25) is 0 Å². The predicted molar refractivity (Wildman–Crippen MR) is 159 cm³/mol. The molecule has 210 valence electrons. The van der Waals surface area contributed by atoms with Gasteiger partial charge in [0.05, 0.1) is 28.2 Å². The van der Waals surface area contributed by atoms with Gasteiger partial charge in [-0.05, 0) is 57.0 Å². The Morgan fingerprint density at radius 2 is 1.32 bits per heavy atom. The van der Waals surface area contributed by atoms with Gasteiger partial charge in [-0.3, -0.25) is 9.59 Å². The van der Waals surface area contributed by atoms with Gasteiger partial charge >= 0.3 is 0 Å². The smallest absolute Gasteiger partial charge is 0.198 e. The highest BCUT2D eigenvalue weighted by molar-refractivity contribution is 7.69. The van der Waals surface area contributed by atoms with Gasteiger partial charge in [0.25, 0.3) is 0 Å². The van der Waals surface area contributed by atoms with Gasteiger partial charge in [-0.1, -0.05) is 48.9 Å². The molecule has 0 amide bonds. The first-order valence-electron chi connectivity index (χ1n) is 13.7. The summed E-state index contributed by atoms with van der Waals surface area (Å²) in [4.78, 5) is 32.3. The Bertz CT molecular complexity index is 1470. The largest absolute Gasteiger partial charge is 0.396 e. The quantitative estimate of drug-likeness (QED) is 0.218. The molecule has 0 atom stereocenters. The maximum absolute atomic E-state index is 13.7. The van der Waals surface area contributed by atoms with Gasteiger partial charge in [0, 0.05) is 35.9 Å². The van der Waals surface area contributed by atoms with Crippen LogP contribution in [0.5, 0.6) is 0 Å². The van der Waals surface area contributed by atoms with Crippen LogP contribution in [0, 0.1) is 0 Å². The molecular formula is C30H35N5O4S. The molecule has 9 nitrogen and oxygen atoms in total. The molecule has 2 aliphatic heterocycles. The zero-order valence-corrected chi connectivity index (χ0v) is 23.2. The molecule has 1 aliphatic carbocycles. The molecule has 2 fully saturated rings. The van der Waals surface area contributed by atoms with Crippen molar-refractivity contribution < 1.29 is 18.0 Å². The van der Waals surface area contributed by atoms with Crippen molar-refractivity contribution in [3.63, 3.8) is 0 Å². The third-order valence-corrected chi connectivity index (χ3v) is 7.98. The average molecular weight is 562 g/mol. The Balaban J connectivity index is 0.000000758. The highest BCUT2D eigenvalue weighted by Gasteiger charge is 2.36. The molecule has 0 radical (unpaired) electrons. The van der Waals surface area contributed by atoms with E-state index in [-0.39, 0.29) is 11.6 Å². The summed E-state index contributed by atoms with van der Waals surface area (Å²) in [5.41, 5.74) is 11.0. The summed E-state index contributed by atoms with van der Waals surface area (Å²) < 4.78 is 17.6. The minimum absolute atomic E-state index is 0.166. The first kappa shape index (κ1) is 27.8. The Kier molecular flexibility index (Phi) is 8.49. The zero-order valence-electron chi connectivity index (χ0n) is 22.3. The van der Waals surface area contributed by atoms with E-state index in [1.165, 1.54) is 32.4 Å². The maximum atomic E-state index is 13.7. The Hall–Kier alpha value is -3.73. The van der Waals surface area contributed by atoms with Gasteiger partial charge in [-0.2, -0.15) is 0 Å².